The molecular formula is C18H20F2N2O2. The van der Waals surface area contributed by atoms with Crippen LogP contribution in [0.15, 0.2) is 42.5 Å². The van der Waals surface area contributed by atoms with E-state index >= 15 is 0 Å². The molecule has 2 aromatic carbocycles. The van der Waals surface area contributed by atoms with Gasteiger partial charge < -0.3 is 15.4 Å². The maximum absolute atomic E-state index is 13.8. The van der Waals surface area contributed by atoms with E-state index in [0.717, 1.165) is 6.07 Å². The highest BCUT2D eigenvalue weighted by Gasteiger charge is 2.13. The van der Waals surface area contributed by atoms with Crippen molar-refractivity contribution in [2.24, 2.45) is 0 Å². The van der Waals surface area contributed by atoms with Crippen LogP contribution in [0.4, 0.5) is 20.2 Å². The largest absolute Gasteiger partial charge is 0.378 e. The smallest absolute Gasteiger partial charge is 0.253 e. The Kier molecular flexibility index (Phi) is 5.87. The molecule has 0 unspecified atom stereocenters. The first kappa shape index (κ1) is 17.9. The van der Waals surface area contributed by atoms with Crippen molar-refractivity contribution in [3.63, 3.8) is 0 Å². The summed E-state index contributed by atoms with van der Waals surface area (Å²) in [5, 5.41) is 5.87. The molecule has 2 rings (SSSR count). The van der Waals surface area contributed by atoms with Crippen LogP contribution in [-0.4, -0.2) is 19.1 Å². The Hall–Kier alpha value is -2.47. The number of methoxy groups -OCH3 is 1. The van der Waals surface area contributed by atoms with Crippen molar-refractivity contribution in [1.29, 1.82) is 0 Å². The second kappa shape index (κ2) is 7.88. The molecule has 4 nitrogen and oxygen atoms in total. The molecule has 0 aliphatic carbocycles. The van der Waals surface area contributed by atoms with Crippen molar-refractivity contribution in [2.75, 3.05) is 17.7 Å². The second-order valence-electron chi connectivity index (χ2n) is 5.48. The summed E-state index contributed by atoms with van der Waals surface area (Å²) in [5.41, 5.74) is 1.66. The normalized spacial score (nSPS) is 13.2. The molecule has 0 radical (unpaired) electrons. The number of benzene rings is 2. The SMILES string of the molecule is CO[C@@H](C)C(=O)Nc1cccc(N[C@H](C)c2ccc(F)cc2F)c1. The minimum atomic E-state index is -0.611. The number of nitrogens with one attached hydrogen (secondary N) is 2. The van der Waals surface area contributed by atoms with Crippen LogP contribution in [-0.2, 0) is 9.53 Å². The molecule has 1 amide bonds. The number of carbonyl (C=O) groups is 1. The van der Waals surface area contributed by atoms with Crippen LogP contribution in [0.25, 0.3) is 0 Å². The zero-order valence-electron chi connectivity index (χ0n) is 13.8. The summed E-state index contributed by atoms with van der Waals surface area (Å²) in [5.74, 6) is -1.47. The summed E-state index contributed by atoms with van der Waals surface area (Å²) in [6.07, 6.45) is -0.561. The number of hydrogen-bond acceptors (Lipinski definition) is 3. The Bertz CT molecular complexity index is 722. The lowest BCUT2D eigenvalue weighted by Gasteiger charge is -2.17. The average molecular weight is 334 g/mol. The summed E-state index contributed by atoms with van der Waals surface area (Å²) in [4.78, 5) is 11.8. The fourth-order valence-corrected chi connectivity index (χ4v) is 2.22. The van der Waals surface area contributed by atoms with Crippen LogP contribution in [0.3, 0.4) is 0 Å². The first-order valence-electron chi connectivity index (χ1n) is 7.56. The zero-order valence-corrected chi connectivity index (χ0v) is 13.8. The maximum atomic E-state index is 13.8. The third-order valence-corrected chi connectivity index (χ3v) is 3.67. The summed E-state index contributed by atoms with van der Waals surface area (Å²) in [7, 11) is 1.46. The van der Waals surface area contributed by atoms with Gasteiger partial charge in [0.25, 0.3) is 5.91 Å². The van der Waals surface area contributed by atoms with Crippen molar-refractivity contribution < 1.29 is 18.3 Å². The molecular weight excluding hydrogens is 314 g/mol. The highest BCUT2D eigenvalue weighted by molar-refractivity contribution is 5.94. The van der Waals surface area contributed by atoms with Crippen LogP contribution in [0.2, 0.25) is 0 Å². The molecule has 0 spiro atoms. The third-order valence-electron chi connectivity index (χ3n) is 3.67. The van der Waals surface area contributed by atoms with Crippen molar-refractivity contribution in [3.8, 4) is 0 Å². The fraction of sp³-hybridized carbons (Fsp3) is 0.278. The van der Waals surface area contributed by atoms with Crippen LogP contribution in [0, 0.1) is 11.6 Å². The van der Waals surface area contributed by atoms with Crippen molar-refractivity contribution >= 4 is 17.3 Å². The van der Waals surface area contributed by atoms with E-state index in [1.54, 1.807) is 38.1 Å². The lowest BCUT2D eigenvalue weighted by atomic mass is 10.1. The van der Waals surface area contributed by atoms with Gasteiger partial charge in [-0.15, -0.1) is 0 Å². The zero-order chi connectivity index (χ0) is 17.7. The van der Waals surface area contributed by atoms with Gasteiger partial charge in [-0.2, -0.15) is 0 Å². The van der Waals surface area contributed by atoms with Crippen LogP contribution in [0.1, 0.15) is 25.5 Å². The molecule has 0 bridgehead atoms. The Morgan fingerprint density at radius 2 is 1.79 bits per heavy atom. The van der Waals surface area contributed by atoms with Crippen molar-refractivity contribution in [3.05, 3.63) is 59.7 Å². The molecule has 0 aliphatic rings. The van der Waals surface area contributed by atoms with E-state index in [1.807, 2.05) is 0 Å². The lowest BCUT2D eigenvalue weighted by molar-refractivity contribution is -0.124. The molecule has 2 atom stereocenters. The van der Waals surface area contributed by atoms with Gasteiger partial charge in [0.05, 0.1) is 6.04 Å². The molecule has 6 heteroatoms. The van der Waals surface area contributed by atoms with Gasteiger partial charge in [-0.05, 0) is 38.1 Å². The van der Waals surface area contributed by atoms with E-state index in [-0.39, 0.29) is 11.9 Å². The molecule has 0 saturated heterocycles. The van der Waals surface area contributed by atoms with Gasteiger partial charge in [-0.1, -0.05) is 12.1 Å². The Labute approximate surface area is 139 Å². The summed E-state index contributed by atoms with van der Waals surface area (Å²) in [6.45, 7) is 3.42. The predicted octanol–water partition coefficient (Wildman–Crippen LogP) is 4.11. The molecule has 0 saturated carbocycles. The molecule has 128 valence electrons. The van der Waals surface area contributed by atoms with E-state index in [1.165, 1.54) is 19.2 Å². The highest BCUT2D eigenvalue weighted by Crippen LogP contribution is 2.24. The Balaban J connectivity index is 2.10. The first-order chi connectivity index (χ1) is 11.4. The summed E-state index contributed by atoms with van der Waals surface area (Å²) in [6, 6.07) is 10.2. The third kappa shape index (κ3) is 4.52. The van der Waals surface area contributed by atoms with E-state index in [0.29, 0.717) is 16.9 Å². The number of hydrogen-bond donors (Lipinski definition) is 2. The van der Waals surface area contributed by atoms with Crippen LogP contribution in [0.5, 0.6) is 0 Å². The number of anilines is 2. The maximum Gasteiger partial charge on any atom is 0.253 e. The van der Waals surface area contributed by atoms with E-state index in [4.69, 9.17) is 4.74 Å². The molecule has 24 heavy (non-hydrogen) atoms. The van der Waals surface area contributed by atoms with E-state index < -0.39 is 17.7 Å². The quantitative estimate of drug-likeness (QED) is 0.836. The van der Waals surface area contributed by atoms with Crippen LogP contribution < -0.4 is 10.6 Å². The van der Waals surface area contributed by atoms with Crippen molar-refractivity contribution in [2.45, 2.75) is 26.0 Å². The van der Waals surface area contributed by atoms with Gasteiger partial charge in [0.2, 0.25) is 0 Å². The first-order valence-corrected chi connectivity index (χ1v) is 7.56. The predicted molar refractivity (Wildman–Crippen MR) is 89.9 cm³/mol. The molecule has 0 aromatic heterocycles. The summed E-state index contributed by atoms with van der Waals surface area (Å²) < 4.78 is 31.8. The molecule has 0 aliphatic heterocycles. The number of carbonyl (C=O) groups excluding carboxylic acids is 1. The van der Waals surface area contributed by atoms with Crippen LogP contribution >= 0.6 is 0 Å². The number of rotatable bonds is 6. The topological polar surface area (TPSA) is 50.4 Å². The second-order valence-corrected chi connectivity index (χ2v) is 5.48. The van der Waals surface area contributed by atoms with Crippen molar-refractivity contribution in [1.82, 2.24) is 0 Å². The minimum absolute atomic E-state index is 0.257. The fourth-order valence-electron chi connectivity index (χ4n) is 2.22. The number of halogens is 2. The summed E-state index contributed by atoms with van der Waals surface area (Å²) >= 11 is 0. The van der Waals surface area contributed by atoms with Gasteiger partial charge >= 0.3 is 0 Å². The van der Waals surface area contributed by atoms with Gasteiger partial charge in [0.15, 0.2) is 0 Å². The lowest BCUT2D eigenvalue weighted by Crippen LogP contribution is -2.26. The number of amides is 1. The molecule has 2 aromatic rings. The molecule has 0 heterocycles. The Morgan fingerprint density at radius 3 is 2.46 bits per heavy atom. The molecule has 0 fully saturated rings. The van der Waals surface area contributed by atoms with E-state index in [9.17, 15) is 13.6 Å². The average Bonchev–Trinajstić information content (AvgIpc) is 2.54. The van der Waals surface area contributed by atoms with Gasteiger partial charge in [-0.25, -0.2) is 8.78 Å². The minimum Gasteiger partial charge on any atom is -0.378 e. The Morgan fingerprint density at radius 1 is 1.08 bits per heavy atom. The van der Waals surface area contributed by atoms with Gasteiger partial charge in [0, 0.05) is 30.1 Å². The molecule has 2 N–H and O–H groups in total. The van der Waals surface area contributed by atoms with E-state index in [2.05, 4.69) is 10.6 Å². The standard InChI is InChI=1S/C18H20F2N2O2/c1-11(16-8-7-13(19)9-17(16)20)21-14-5-4-6-15(10-14)22-18(23)12(2)24-3/h4-12,21H,1-3H3,(H,22,23)/t11-,12+/m1/s1. The van der Waals surface area contributed by atoms with Gasteiger partial charge in [-0.3, -0.25) is 4.79 Å². The highest BCUT2D eigenvalue weighted by atomic mass is 19.1. The monoisotopic (exact) mass is 334 g/mol. The number of ether oxygens (including phenoxy) is 1. The van der Waals surface area contributed by atoms with Gasteiger partial charge in [0.1, 0.15) is 17.7 Å².